The number of benzene rings is 2. The standard InChI is InChI=1S/C27H32N6O2.ClH/c1-18-13-20(7-8-21(18)15-29-25(34)14-19-9-11-28-12-10-19)27(35)33-17-22-16-30-32(2)26(22)31-23-5-3-4-6-24(23)33;/h3-8,13,16,19,28,31H,9-12,14-15,17H2,1-2H3,(H,29,34);1H. The molecule has 36 heavy (non-hydrogen) atoms. The third-order valence-corrected chi connectivity index (χ3v) is 7.03. The molecule has 0 saturated carbocycles. The number of nitrogens with one attached hydrogen (secondary N) is 3. The predicted octanol–water partition coefficient (Wildman–Crippen LogP) is 4.06. The van der Waals surface area contributed by atoms with Gasteiger partial charge in [-0.2, -0.15) is 5.10 Å². The van der Waals surface area contributed by atoms with Crippen LogP contribution in [0.2, 0.25) is 0 Å². The number of hydrogen-bond acceptors (Lipinski definition) is 5. The Bertz CT molecular complexity index is 1250. The fourth-order valence-corrected chi connectivity index (χ4v) is 4.94. The van der Waals surface area contributed by atoms with Crippen LogP contribution in [0.5, 0.6) is 0 Å². The molecule has 0 aliphatic carbocycles. The minimum absolute atomic E-state index is 0. The van der Waals surface area contributed by atoms with E-state index in [1.807, 2.05) is 56.4 Å². The molecule has 1 saturated heterocycles. The molecular formula is C27H33ClN6O2. The van der Waals surface area contributed by atoms with Gasteiger partial charge in [-0.05, 0) is 74.2 Å². The van der Waals surface area contributed by atoms with Crippen molar-refractivity contribution in [1.82, 2.24) is 20.4 Å². The van der Waals surface area contributed by atoms with Gasteiger partial charge in [0, 0.05) is 31.1 Å². The van der Waals surface area contributed by atoms with Crippen molar-refractivity contribution in [1.29, 1.82) is 0 Å². The van der Waals surface area contributed by atoms with Crippen molar-refractivity contribution in [2.45, 2.75) is 39.3 Å². The van der Waals surface area contributed by atoms with Gasteiger partial charge in [0.1, 0.15) is 5.82 Å². The zero-order valence-corrected chi connectivity index (χ0v) is 21.5. The Kier molecular flexibility index (Phi) is 7.96. The quantitative estimate of drug-likeness (QED) is 0.483. The summed E-state index contributed by atoms with van der Waals surface area (Å²) in [6.45, 7) is 4.87. The zero-order chi connectivity index (χ0) is 24.4. The van der Waals surface area contributed by atoms with Crippen LogP contribution in [0, 0.1) is 12.8 Å². The first-order valence-corrected chi connectivity index (χ1v) is 12.3. The minimum atomic E-state index is -0.0689. The number of hydrogen-bond donors (Lipinski definition) is 3. The van der Waals surface area contributed by atoms with E-state index >= 15 is 0 Å². The number of rotatable bonds is 5. The fraction of sp³-hybridized carbons (Fsp3) is 0.370. The summed E-state index contributed by atoms with van der Waals surface area (Å²) in [7, 11) is 1.89. The monoisotopic (exact) mass is 508 g/mol. The van der Waals surface area contributed by atoms with Crippen molar-refractivity contribution in [2.24, 2.45) is 13.0 Å². The van der Waals surface area contributed by atoms with Gasteiger partial charge in [-0.25, -0.2) is 0 Å². The first-order chi connectivity index (χ1) is 17.0. The Hall–Kier alpha value is -3.36. The number of halogens is 1. The molecule has 190 valence electrons. The third-order valence-electron chi connectivity index (χ3n) is 7.03. The highest BCUT2D eigenvalue weighted by Crippen LogP contribution is 2.36. The molecule has 0 atom stereocenters. The topological polar surface area (TPSA) is 91.3 Å². The molecule has 5 rings (SSSR count). The van der Waals surface area contributed by atoms with Crippen molar-refractivity contribution in [3.8, 4) is 0 Å². The van der Waals surface area contributed by atoms with E-state index in [0.29, 0.717) is 31.0 Å². The summed E-state index contributed by atoms with van der Waals surface area (Å²) in [5, 5.41) is 14.2. The Morgan fingerprint density at radius 3 is 2.69 bits per heavy atom. The van der Waals surface area contributed by atoms with Gasteiger partial charge in [0.2, 0.25) is 5.91 Å². The lowest BCUT2D eigenvalue weighted by atomic mass is 9.94. The molecule has 2 aliphatic rings. The number of amides is 2. The van der Waals surface area contributed by atoms with E-state index in [4.69, 9.17) is 0 Å². The van der Waals surface area contributed by atoms with Crippen molar-refractivity contribution in [3.05, 3.63) is 70.9 Å². The van der Waals surface area contributed by atoms with E-state index in [-0.39, 0.29) is 24.2 Å². The second-order valence-electron chi connectivity index (χ2n) is 9.49. The molecule has 2 aromatic carbocycles. The molecule has 2 aliphatic heterocycles. The lowest BCUT2D eigenvalue weighted by Crippen LogP contribution is -2.32. The van der Waals surface area contributed by atoms with E-state index in [1.54, 1.807) is 15.8 Å². The molecule has 0 spiro atoms. The lowest BCUT2D eigenvalue weighted by Gasteiger charge is -2.23. The molecule has 8 nitrogen and oxygen atoms in total. The number of carbonyl (C=O) groups is 2. The van der Waals surface area contributed by atoms with Crippen molar-refractivity contribution in [2.75, 3.05) is 23.3 Å². The van der Waals surface area contributed by atoms with Gasteiger partial charge in [0.25, 0.3) is 5.91 Å². The second-order valence-corrected chi connectivity index (χ2v) is 9.49. The van der Waals surface area contributed by atoms with Crippen molar-refractivity contribution < 1.29 is 9.59 Å². The maximum absolute atomic E-state index is 13.7. The molecular weight excluding hydrogens is 476 g/mol. The number of fused-ring (bicyclic) bond motifs is 2. The molecule has 0 bridgehead atoms. The van der Waals surface area contributed by atoms with Gasteiger partial charge < -0.3 is 20.9 Å². The number of aryl methyl sites for hydroxylation is 2. The van der Waals surface area contributed by atoms with E-state index < -0.39 is 0 Å². The van der Waals surface area contributed by atoms with Crippen LogP contribution in [0.4, 0.5) is 17.2 Å². The van der Waals surface area contributed by atoms with Crippen molar-refractivity contribution in [3.63, 3.8) is 0 Å². The number of para-hydroxylation sites is 2. The minimum Gasteiger partial charge on any atom is -0.352 e. The largest absolute Gasteiger partial charge is 0.352 e. The van der Waals surface area contributed by atoms with Crippen LogP contribution >= 0.6 is 12.4 Å². The summed E-state index contributed by atoms with van der Waals surface area (Å²) in [6, 6.07) is 13.5. The Morgan fingerprint density at radius 1 is 1.14 bits per heavy atom. The molecule has 9 heteroatoms. The van der Waals surface area contributed by atoms with Gasteiger partial charge in [-0.3, -0.25) is 14.3 Å². The second kappa shape index (κ2) is 11.1. The highest BCUT2D eigenvalue weighted by atomic mass is 35.5. The predicted molar refractivity (Wildman–Crippen MR) is 144 cm³/mol. The molecule has 0 unspecified atom stereocenters. The lowest BCUT2D eigenvalue weighted by molar-refractivity contribution is -0.122. The van der Waals surface area contributed by atoms with Crippen LogP contribution in [-0.4, -0.2) is 34.7 Å². The van der Waals surface area contributed by atoms with Crippen molar-refractivity contribution >= 4 is 41.4 Å². The van der Waals surface area contributed by atoms with Gasteiger partial charge >= 0.3 is 0 Å². The number of anilines is 3. The maximum atomic E-state index is 13.7. The molecule has 1 fully saturated rings. The fourth-order valence-electron chi connectivity index (χ4n) is 4.94. The summed E-state index contributed by atoms with van der Waals surface area (Å²) < 4.78 is 1.79. The van der Waals surface area contributed by atoms with Crippen LogP contribution in [0.3, 0.4) is 0 Å². The van der Waals surface area contributed by atoms with E-state index in [0.717, 1.165) is 59.8 Å². The van der Waals surface area contributed by atoms with Gasteiger partial charge in [0.15, 0.2) is 0 Å². The van der Waals surface area contributed by atoms with Crippen LogP contribution in [0.1, 0.15) is 46.3 Å². The molecule has 2 amide bonds. The van der Waals surface area contributed by atoms with Gasteiger partial charge in [-0.15, -0.1) is 12.4 Å². The summed E-state index contributed by atoms with van der Waals surface area (Å²) in [6.07, 6.45) is 4.49. The molecule has 1 aromatic heterocycles. The van der Waals surface area contributed by atoms with Crippen LogP contribution in [-0.2, 0) is 24.9 Å². The Balaban J connectivity index is 0.00000304. The molecule has 3 N–H and O–H groups in total. The summed E-state index contributed by atoms with van der Waals surface area (Å²) in [5.74, 6) is 1.38. The van der Waals surface area contributed by atoms with E-state index in [1.165, 1.54) is 0 Å². The summed E-state index contributed by atoms with van der Waals surface area (Å²) in [5.41, 5.74) is 5.29. The molecule has 0 radical (unpaired) electrons. The Morgan fingerprint density at radius 2 is 1.92 bits per heavy atom. The van der Waals surface area contributed by atoms with Gasteiger partial charge in [0.05, 0.1) is 24.1 Å². The third kappa shape index (κ3) is 5.39. The number of piperidine rings is 1. The maximum Gasteiger partial charge on any atom is 0.258 e. The zero-order valence-electron chi connectivity index (χ0n) is 20.7. The Labute approximate surface area is 217 Å². The SMILES string of the molecule is Cc1cc(C(=O)N2Cc3cnn(C)c3Nc3ccccc32)ccc1CNC(=O)CC1CCNCC1.Cl. The summed E-state index contributed by atoms with van der Waals surface area (Å²) >= 11 is 0. The van der Waals surface area contributed by atoms with Crippen LogP contribution < -0.4 is 20.9 Å². The average Bonchev–Trinajstić information content (AvgIpc) is 3.11. The number of nitrogens with zero attached hydrogens (tertiary/aromatic N) is 3. The summed E-state index contributed by atoms with van der Waals surface area (Å²) in [4.78, 5) is 27.9. The first kappa shape index (κ1) is 25.7. The normalized spacial score (nSPS) is 15.1. The van der Waals surface area contributed by atoms with E-state index in [2.05, 4.69) is 21.0 Å². The average molecular weight is 509 g/mol. The first-order valence-electron chi connectivity index (χ1n) is 12.3. The van der Waals surface area contributed by atoms with Crippen LogP contribution in [0.25, 0.3) is 0 Å². The van der Waals surface area contributed by atoms with E-state index in [9.17, 15) is 9.59 Å². The number of carbonyl (C=O) groups excluding carboxylic acids is 2. The van der Waals surface area contributed by atoms with Crippen LogP contribution in [0.15, 0.2) is 48.7 Å². The highest BCUT2D eigenvalue weighted by molar-refractivity contribution is 6.08. The molecule has 3 aromatic rings. The van der Waals surface area contributed by atoms with Gasteiger partial charge in [-0.1, -0.05) is 18.2 Å². The highest BCUT2D eigenvalue weighted by Gasteiger charge is 2.27. The smallest absolute Gasteiger partial charge is 0.258 e. The molecule has 3 heterocycles. The number of aromatic nitrogens is 2.